The van der Waals surface area contributed by atoms with Gasteiger partial charge in [-0.25, -0.2) is 0 Å². The zero-order chi connectivity index (χ0) is 20.7. The molecule has 2 aromatic carbocycles. The summed E-state index contributed by atoms with van der Waals surface area (Å²) in [6.45, 7) is 4.82. The number of esters is 1. The highest BCUT2D eigenvalue weighted by Crippen LogP contribution is 2.13. The lowest BCUT2D eigenvalue weighted by atomic mass is 10.0. The predicted octanol–water partition coefficient (Wildman–Crippen LogP) is 3.65. The Morgan fingerprint density at radius 1 is 0.929 bits per heavy atom. The van der Waals surface area contributed by atoms with Gasteiger partial charge >= 0.3 is 5.97 Å². The molecule has 6 heteroatoms. The first-order valence-electron chi connectivity index (χ1n) is 8.93. The second-order valence-corrected chi connectivity index (χ2v) is 6.58. The average molecular weight is 381 g/mol. The van der Waals surface area contributed by atoms with Crippen molar-refractivity contribution < 1.29 is 23.9 Å². The molecule has 146 valence electrons. The Balaban J connectivity index is 1.77. The van der Waals surface area contributed by atoms with E-state index >= 15 is 0 Å². The van der Waals surface area contributed by atoms with E-state index in [9.17, 15) is 19.2 Å². The van der Waals surface area contributed by atoms with Crippen molar-refractivity contribution >= 4 is 29.1 Å². The molecule has 1 amide bonds. The van der Waals surface area contributed by atoms with Gasteiger partial charge < -0.3 is 10.1 Å². The molecular formula is C22H23NO5. The third-order valence-electron chi connectivity index (χ3n) is 4.19. The smallest absolute Gasteiger partial charge is 0.306 e. The van der Waals surface area contributed by atoms with Gasteiger partial charge in [0.1, 0.15) is 0 Å². The first-order valence-corrected chi connectivity index (χ1v) is 8.93. The Bertz CT molecular complexity index is 900. The van der Waals surface area contributed by atoms with E-state index in [1.54, 1.807) is 30.3 Å². The van der Waals surface area contributed by atoms with E-state index in [-0.39, 0.29) is 36.9 Å². The summed E-state index contributed by atoms with van der Waals surface area (Å²) in [6, 6.07) is 12.0. The zero-order valence-electron chi connectivity index (χ0n) is 16.2. The highest BCUT2D eigenvalue weighted by atomic mass is 16.5. The van der Waals surface area contributed by atoms with Crippen molar-refractivity contribution in [1.82, 2.24) is 0 Å². The Labute approximate surface area is 163 Å². The normalized spacial score (nSPS) is 10.2. The van der Waals surface area contributed by atoms with Crippen LogP contribution in [-0.4, -0.2) is 30.0 Å². The van der Waals surface area contributed by atoms with Crippen LogP contribution in [0.15, 0.2) is 42.5 Å². The maximum atomic E-state index is 12.2. The molecule has 0 heterocycles. The van der Waals surface area contributed by atoms with Gasteiger partial charge in [0.15, 0.2) is 12.4 Å². The molecule has 0 aliphatic carbocycles. The van der Waals surface area contributed by atoms with Crippen LogP contribution in [0.4, 0.5) is 5.69 Å². The number of ether oxygens (including phenoxy) is 1. The van der Waals surface area contributed by atoms with Crippen LogP contribution in [0.5, 0.6) is 0 Å². The lowest BCUT2D eigenvalue weighted by molar-refractivity contribution is -0.143. The van der Waals surface area contributed by atoms with E-state index in [0.717, 1.165) is 11.1 Å². The Morgan fingerprint density at radius 3 is 2.25 bits per heavy atom. The van der Waals surface area contributed by atoms with E-state index in [1.807, 2.05) is 26.0 Å². The summed E-state index contributed by atoms with van der Waals surface area (Å²) in [6.07, 6.45) is -0.192. The van der Waals surface area contributed by atoms with E-state index < -0.39 is 5.97 Å². The van der Waals surface area contributed by atoms with Gasteiger partial charge in [-0.05, 0) is 56.7 Å². The molecule has 0 aliphatic heterocycles. The fraction of sp³-hybridized carbons (Fsp3) is 0.273. The van der Waals surface area contributed by atoms with Gasteiger partial charge in [0.25, 0.3) is 0 Å². The maximum absolute atomic E-state index is 12.2. The second-order valence-electron chi connectivity index (χ2n) is 6.58. The van der Waals surface area contributed by atoms with Crippen LogP contribution < -0.4 is 5.32 Å². The van der Waals surface area contributed by atoms with Crippen molar-refractivity contribution in [3.05, 3.63) is 64.7 Å². The Hall–Kier alpha value is -3.28. The lowest BCUT2D eigenvalue weighted by Gasteiger charge is -2.08. The molecule has 28 heavy (non-hydrogen) atoms. The van der Waals surface area contributed by atoms with Crippen molar-refractivity contribution in [3.8, 4) is 0 Å². The largest absolute Gasteiger partial charge is 0.457 e. The number of hydrogen-bond donors (Lipinski definition) is 1. The van der Waals surface area contributed by atoms with Crippen molar-refractivity contribution in [2.45, 2.75) is 33.6 Å². The summed E-state index contributed by atoms with van der Waals surface area (Å²) in [5.74, 6) is -1.30. The van der Waals surface area contributed by atoms with Gasteiger partial charge in [-0.15, -0.1) is 0 Å². The molecule has 2 aromatic rings. The summed E-state index contributed by atoms with van der Waals surface area (Å²) in [5.41, 5.74) is 3.39. The molecule has 0 spiro atoms. The number of amides is 1. The quantitative estimate of drug-likeness (QED) is 0.557. The molecule has 6 nitrogen and oxygen atoms in total. The average Bonchev–Trinajstić information content (AvgIpc) is 2.66. The third kappa shape index (κ3) is 6.16. The van der Waals surface area contributed by atoms with Crippen molar-refractivity contribution in [2.75, 3.05) is 11.9 Å². The number of Topliss-reactive ketones (excluding diaryl/α,β-unsaturated/α-hetero) is 2. The van der Waals surface area contributed by atoms with Crippen LogP contribution in [0.25, 0.3) is 0 Å². The zero-order valence-corrected chi connectivity index (χ0v) is 16.2. The van der Waals surface area contributed by atoms with Crippen LogP contribution >= 0.6 is 0 Å². The summed E-state index contributed by atoms with van der Waals surface area (Å²) >= 11 is 0. The Kier molecular flexibility index (Phi) is 7.21. The minimum absolute atomic E-state index is 0.0592. The molecule has 0 saturated heterocycles. The number of carbonyl (C=O) groups is 4. The molecule has 0 aliphatic rings. The fourth-order valence-corrected chi connectivity index (χ4v) is 2.56. The molecule has 1 N–H and O–H groups in total. The van der Waals surface area contributed by atoms with Gasteiger partial charge in [0.05, 0.1) is 6.42 Å². The number of nitrogens with one attached hydrogen (secondary N) is 1. The number of benzene rings is 2. The van der Waals surface area contributed by atoms with Gasteiger partial charge in [0, 0.05) is 23.2 Å². The molecule has 0 unspecified atom stereocenters. The van der Waals surface area contributed by atoms with E-state index in [0.29, 0.717) is 16.8 Å². The summed E-state index contributed by atoms with van der Waals surface area (Å²) in [5, 5.41) is 2.64. The number of aryl methyl sites for hydroxylation is 2. The number of ketones is 2. The highest BCUT2D eigenvalue weighted by Gasteiger charge is 2.14. The highest BCUT2D eigenvalue weighted by molar-refractivity contribution is 5.99. The molecule has 0 atom stereocenters. The number of carbonyl (C=O) groups excluding carboxylic acids is 4. The number of rotatable bonds is 8. The van der Waals surface area contributed by atoms with Crippen LogP contribution in [-0.2, 0) is 14.3 Å². The molecule has 0 radical (unpaired) electrons. The van der Waals surface area contributed by atoms with Crippen molar-refractivity contribution in [2.24, 2.45) is 0 Å². The SMILES string of the molecule is CC(=O)c1ccc(NC(=O)CCC(=O)OCC(=O)c2cc(C)ccc2C)cc1. The minimum atomic E-state index is -0.610. The molecular weight excluding hydrogens is 358 g/mol. The van der Waals surface area contributed by atoms with Gasteiger partial charge in [0.2, 0.25) is 11.7 Å². The van der Waals surface area contributed by atoms with E-state index in [2.05, 4.69) is 5.32 Å². The van der Waals surface area contributed by atoms with Crippen molar-refractivity contribution in [1.29, 1.82) is 0 Å². The minimum Gasteiger partial charge on any atom is -0.457 e. The second kappa shape index (κ2) is 9.60. The molecule has 0 fully saturated rings. The topological polar surface area (TPSA) is 89.5 Å². The third-order valence-corrected chi connectivity index (χ3v) is 4.19. The Morgan fingerprint density at radius 2 is 1.61 bits per heavy atom. The van der Waals surface area contributed by atoms with E-state index in [4.69, 9.17) is 4.74 Å². The van der Waals surface area contributed by atoms with Crippen LogP contribution in [0.2, 0.25) is 0 Å². The van der Waals surface area contributed by atoms with Crippen LogP contribution in [0, 0.1) is 13.8 Å². The summed E-state index contributed by atoms with van der Waals surface area (Å²) in [7, 11) is 0. The summed E-state index contributed by atoms with van der Waals surface area (Å²) < 4.78 is 4.99. The lowest BCUT2D eigenvalue weighted by Crippen LogP contribution is -2.18. The van der Waals surface area contributed by atoms with Gasteiger partial charge in [-0.1, -0.05) is 17.7 Å². The van der Waals surface area contributed by atoms with Crippen LogP contribution in [0.1, 0.15) is 51.6 Å². The number of hydrogen-bond acceptors (Lipinski definition) is 5. The van der Waals surface area contributed by atoms with Gasteiger partial charge in [-0.3, -0.25) is 19.2 Å². The van der Waals surface area contributed by atoms with Crippen LogP contribution in [0.3, 0.4) is 0 Å². The summed E-state index contributed by atoms with van der Waals surface area (Å²) in [4.78, 5) is 47.2. The monoisotopic (exact) mass is 381 g/mol. The van der Waals surface area contributed by atoms with Crippen molar-refractivity contribution in [3.63, 3.8) is 0 Å². The number of anilines is 1. The standard InChI is InChI=1S/C22H23NO5/c1-14-4-5-15(2)19(12-14)20(25)13-28-22(27)11-10-21(26)23-18-8-6-17(7-9-18)16(3)24/h4-9,12H,10-11,13H2,1-3H3,(H,23,26). The first-order chi connectivity index (χ1) is 13.3. The molecule has 0 bridgehead atoms. The van der Waals surface area contributed by atoms with E-state index in [1.165, 1.54) is 6.92 Å². The predicted molar refractivity (Wildman–Crippen MR) is 106 cm³/mol. The molecule has 0 aromatic heterocycles. The molecule has 0 saturated carbocycles. The first kappa shape index (κ1) is 21.0. The van der Waals surface area contributed by atoms with Gasteiger partial charge in [-0.2, -0.15) is 0 Å². The fourth-order valence-electron chi connectivity index (χ4n) is 2.56. The molecule has 2 rings (SSSR count). The maximum Gasteiger partial charge on any atom is 0.306 e.